The maximum atomic E-state index is 11.9. The maximum Gasteiger partial charge on any atom is 0.221 e. The van der Waals surface area contributed by atoms with Gasteiger partial charge < -0.3 is 11.1 Å². The minimum atomic E-state index is -0.0709. The average molecular weight is 253 g/mol. The highest BCUT2D eigenvalue weighted by Crippen LogP contribution is 2.29. The molecule has 2 atom stereocenters. The van der Waals surface area contributed by atoms with E-state index in [9.17, 15) is 4.79 Å². The van der Waals surface area contributed by atoms with E-state index >= 15 is 0 Å². The monoisotopic (exact) mass is 253 g/mol. The number of carbonyl (C=O) groups excluding carboxylic acids is 1. The SMILES string of the molecule is CC(C)(C)C(N)CC(=O)NC1CCN(C2CC2)C1. The summed E-state index contributed by atoms with van der Waals surface area (Å²) in [5.74, 6) is 0.111. The number of hydrogen-bond donors (Lipinski definition) is 2. The highest BCUT2D eigenvalue weighted by atomic mass is 16.1. The largest absolute Gasteiger partial charge is 0.352 e. The van der Waals surface area contributed by atoms with Crippen LogP contribution in [0.4, 0.5) is 0 Å². The number of nitrogens with one attached hydrogen (secondary N) is 1. The summed E-state index contributed by atoms with van der Waals surface area (Å²) in [6, 6.07) is 1.08. The molecule has 2 unspecified atom stereocenters. The highest BCUT2D eigenvalue weighted by Gasteiger charge is 2.35. The zero-order valence-corrected chi connectivity index (χ0v) is 11.9. The quantitative estimate of drug-likeness (QED) is 0.789. The summed E-state index contributed by atoms with van der Waals surface area (Å²) in [4.78, 5) is 14.4. The van der Waals surface area contributed by atoms with Crippen molar-refractivity contribution in [3.8, 4) is 0 Å². The van der Waals surface area contributed by atoms with Crippen LogP contribution in [0.2, 0.25) is 0 Å². The zero-order valence-electron chi connectivity index (χ0n) is 11.9. The van der Waals surface area contributed by atoms with Gasteiger partial charge in [0.2, 0.25) is 5.91 Å². The van der Waals surface area contributed by atoms with E-state index in [2.05, 4.69) is 31.0 Å². The summed E-state index contributed by atoms with van der Waals surface area (Å²) in [5.41, 5.74) is 6.03. The highest BCUT2D eigenvalue weighted by molar-refractivity contribution is 5.77. The van der Waals surface area contributed by atoms with Crippen molar-refractivity contribution in [2.45, 2.75) is 64.6 Å². The summed E-state index contributed by atoms with van der Waals surface area (Å²) in [6.45, 7) is 8.40. The van der Waals surface area contributed by atoms with E-state index in [0.717, 1.165) is 25.6 Å². The molecule has 0 spiro atoms. The molecule has 0 bridgehead atoms. The Kier molecular flexibility index (Phi) is 3.97. The fourth-order valence-corrected chi connectivity index (χ4v) is 2.47. The van der Waals surface area contributed by atoms with Gasteiger partial charge in [-0.05, 0) is 24.7 Å². The van der Waals surface area contributed by atoms with Crippen molar-refractivity contribution in [3.05, 3.63) is 0 Å². The molecule has 0 radical (unpaired) electrons. The second-order valence-electron chi connectivity index (χ2n) is 6.96. The van der Waals surface area contributed by atoms with Gasteiger partial charge in [-0.2, -0.15) is 0 Å². The first-order chi connectivity index (χ1) is 8.36. The summed E-state index contributed by atoms with van der Waals surface area (Å²) < 4.78 is 0. The van der Waals surface area contributed by atoms with E-state index in [1.807, 2.05) is 0 Å². The van der Waals surface area contributed by atoms with E-state index in [4.69, 9.17) is 5.73 Å². The lowest BCUT2D eigenvalue weighted by atomic mass is 9.85. The molecule has 2 aliphatic rings. The van der Waals surface area contributed by atoms with Crippen LogP contribution in [0.1, 0.15) is 46.5 Å². The van der Waals surface area contributed by atoms with Gasteiger partial charge in [0.25, 0.3) is 0 Å². The lowest BCUT2D eigenvalue weighted by Crippen LogP contribution is -2.43. The van der Waals surface area contributed by atoms with Crippen molar-refractivity contribution in [2.75, 3.05) is 13.1 Å². The topological polar surface area (TPSA) is 58.4 Å². The van der Waals surface area contributed by atoms with Crippen LogP contribution in [0.5, 0.6) is 0 Å². The number of hydrogen-bond acceptors (Lipinski definition) is 3. The minimum absolute atomic E-state index is 0.00688. The Balaban J connectivity index is 1.71. The third-order valence-corrected chi connectivity index (χ3v) is 4.17. The fourth-order valence-electron chi connectivity index (χ4n) is 2.47. The molecule has 4 heteroatoms. The Morgan fingerprint density at radius 1 is 1.39 bits per heavy atom. The van der Waals surface area contributed by atoms with Crippen molar-refractivity contribution in [1.82, 2.24) is 10.2 Å². The molecular weight excluding hydrogens is 226 g/mol. The molecule has 0 aromatic heterocycles. The second-order valence-corrected chi connectivity index (χ2v) is 6.96. The van der Waals surface area contributed by atoms with Gasteiger partial charge in [-0.1, -0.05) is 20.8 Å². The number of nitrogens with two attached hydrogens (primary N) is 1. The molecule has 18 heavy (non-hydrogen) atoms. The Labute approximate surface area is 110 Å². The van der Waals surface area contributed by atoms with Crippen LogP contribution in [0.15, 0.2) is 0 Å². The molecule has 0 aromatic carbocycles. The Bertz CT molecular complexity index is 307. The van der Waals surface area contributed by atoms with Crippen molar-refractivity contribution < 1.29 is 4.79 Å². The molecule has 3 N–H and O–H groups in total. The number of likely N-dealkylation sites (tertiary alicyclic amines) is 1. The molecule has 0 aromatic rings. The predicted molar refractivity (Wildman–Crippen MR) is 73.2 cm³/mol. The summed E-state index contributed by atoms with van der Waals surface area (Å²) in [5, 5.41) is 3.13. The molecule has 2 fully saturated rings. The molecule has 1 heterocycles. The molecule has 1 saturated carbocycles. The predicted octanol–water partition coefficient (Wildman–Crippen LogP) is 1.10. The average Bonchev–Trinajstić information content (AvgIpc) is 2.99. The first-order valence-corrected chi connectivity index (χ1v) is 7.15. The van der Waals surface area contributed by atoms with E-state index in [1.165, 1.54) is 12.8 Å². The molecule has 1 aliphatic carbocycles. The lowest BCUT2D eigenvalue weighted by molar-refractivity contribution is -0.122. The normalized spacial score (nSPS) is 27.2. The lowest BCUT2D eigenvalue weighted by Gasteiger charge is -2.27. The van der Waals surface area contributed by atoms with E-state index in [-0.39, 0.29) is 17.4 Å². The Morgan fingerprint density at radius 2 is 2.06 bits per heavy atom. The summed E-state index contributed by atoms with van der Waals surface area (Å²) in [6.07, 6.45) is 4.21. The summed E-state index contributed by atoms with van der Waals surface area (Å²) >= 11 is 0. The van der Waals surface area contributed by atoms with Crippen LogP contribution in [-0.4, -0.2) is 42.0 Å². The second kappa shape index (κ2) is 5.17. The first-order valence-electron chi connectivity index (χ1n) is 7.15. The van der Waals surface area contributed by atoms with Gasteiger partial charge in [-0.25, -0.2) is 0 Å². The van der Waals surface area contributed by atoms with Crippen LogP contribution in [0, 0.1) is 5.41 Å². The molecule has 1 aliphatic heterocycles. The number of carbonyl (C=O) groups is 1. The number of amides is 1. The van der Waals surface area contributed by atoms with E-state index in [0.29, 0.717) is 12.5 Å². The van der Waals surface area contributed by atoms with Gasteiger partial charge in [0.05, 0.1) is 0 Å². The smallest absolute Gasteiger partial charge is 0.221 e. The van der Waals surface area contributed by atoms with Crippen LogP contribution in [-0.2, 0) is 4.79 Å². The molecule has 1 saturated heterocycles. The van der Waals surface area contributed by atoms with Crippen molar-refractivity contribution in [2.24, 2.45) is 11.1 Å². The minimum Gasteiger partial charge on any atom is -0.352 e. The van der Waals surface area contributed by atoms with Crippen molar-refractivity contribution >= 4 is 5.91 Å². The molecule has 104 valence electrons. The maximum absolute atomic E-state index is 11.9. The van der Waals surface area contributed by atoms with Crippen LogP contribution < -0.4 is 11.1 Å². The van der Waals surface area contributed by atoms with Crippen molar-refractivity contribution in [3.63, 3.8) is 0 Å². The first kappa shape index (κ1) is 13.8. The van der Waals surface area contributed by atoms with Crippen molar-refractivity contribution in [1.29, 1.82) is 0 Å². The van der Waals surface area contributed by atoms with E-state index < -0.39 is 0 Å². The molecule has 4 nitrogen and oxygen atoms in total. The van der Waals surface area contributed by atoms with Gasteiger partial charge in [0.1, 0.15) is 0 Å². The standard InChI is InChI=1S/C14H27N3O/c1-14(2,3)12(15)8-13(18)16-10-6-7-17(9-10)11-4-5-11/h10-12H,4-9,15H2,1-3H3,(H,16,18). The Hall–Kier alpha value is -0.610. The third-order valence-electron chi connectivity index (χ3n) is 4.17. The summed E-state index contributed by atoms with van der Waals surface area (Å²) in [7, 11) is 0. The molecule has 1 amide bonds. The van der Waals surface area contributed by atoms with Crippen LogP contribution in [0.3, 0.4) is 0 Å². The van der Waals surface area contributed by atoms with Crippen LogP contribution >= 0.6 is 0 Å². The third kappa shape index (κ3) is 3.69. The Morgan fingerprint density at radius 3 is 2.61 bits per heavy atom. The number of rotatable bonds is 4. The van der Waals surface area contributed by atoms with Crippen LogP contribution in [0.25, 0.3) is 0 Å². The van der Waals surface area contributed by atoms with Gasteiger partial charge in [0, 0.05) is 37.6 Å². The zero-order chi connectivity index (χ0) is 13.3. The van der Waals surface area contributed by atoms with Gasteiger partial charge in [0.15, 0.2) is 0 Å². The van der Waals surface area contributed by atoms with Gasteiger partial charge in [-0.3, -0.25) is 9.69 Å². The molecule has 2 rings (SSSR count). The molecular formula is C14H27N3O. The number of nitrogens with zero attached hydrogens (tertiary/aromatic N) is 1. The fraction of sp³-hybridized carbons (Fsp3) is 0.929. The van der Waals surface area contributed by atoms with Gasteiger partial charge in [-0.15, -0.1) is 0 Å². The van der Waals surface area contributed by atoms with Gasteiger partial charge >= 0.3 is 0 Å². The van der Waals surface area contributed by atoms with E-state index in [1.54, 1.807) is 0 Å².